The number of aromatic nitrogens is 1. The number of aliphatic hydroxyl groups excluding tert-OH is 1. The smallest absolute Gasteiger partial charge is 0.246 e. The number of benzene rings is 3. The van der Waals surface area contributed by atoms with E-state index in [4.69, 9.17) is 18.9 Å². The first-order valence-corrected chi connectivity index (χ1v) is 27.1. The second-order valence-corrected chi connectivity index (χ2v) is 22.7. The molecule has 16 heteroatoms. The molecule has 3 aliphatic rings. The summed E-state index contributed by atoms with van der Waals surface area (Å²) in [6, 6.07) is 20.2. The maximum atomic E-state index is 14.1. The fourth-order valence-corrected chi connectivity index (χ4v) is 10.8. The third kappa shape index (κ3) is 14.9. The number of rotatable bonds is 22. The minimum absolute atomic E-state index is 0.00918. The number of hydrogen-bond acceptors (Lipinski definition) is 13. The molecule has 7 rings (SSSR count). The molecule has 4 aromatic rings. The zero-order valence-corrected chi connectivity index (χ0v) is 45.8. The molecule has 400 valence electrons. The summed E-state index contributed by atoms with van der Waals surface area (Å²) in [5.74, 6) is 0.514. The molecule has 4 atom stereocenters. The fourth-order valence-electron chi connectivity index (χ4n) is 10.0. The molecule has 3 N–H and O–H groups in total. The van der Waals surface area contributed by atoms with Crippen LogP contribution in [-0.4, -0.2) is 152 Å². The Balaban J connectivity index is 0.769. The van der Waals surface area contributed by atoms with Crippen LogP contribution in [0.5, 0.6) is 5.75 Å². The Hall–Kier alpha value is -5.49. The van der Waals surface area contributed by atoms with Gasteiger partial charge in [-0.3, -0.25) is 29.0 Å². The van der Waals surface area contributed by atoms with Crippen LogP contribution in [0.2, 0.25) is 0 Å². The maximum absolute atomic E-state index is 14.1. The van der Waals surface area contributed by atoms with Gasteiger partial charge in [-0.15, -0.1) is 11.3 Å². The van der Waals surface area contributed by atoms with E-state index in [1.54, 1.807) is 11.3 Å². The summed E-state index contributed by atoms with van der Waals surface area (Å²) < 4.78 is 23.7. The minimum atomic E-state index is -0.954. The van der Waals surface area contributed by atoms with Gasteiger partial charge in [0.2, 0.25) is 17.7 Å². The number of piperazine rings is 1. The zero-order chi connectivity index (χ0) is 53.2. The van der Waals surface area contributed by atoms with Gasteiger partial charge in [0.25, 0.3) is 0 Å². The molecule has 3 amide bonds. The number of ether oxygens (including phenoxy) is 4. The molecular weight excluding hydrogens is 957 g/mol. The third-order valence-corrected chi connectivity index (χ3v) is 15.2. The first kappa shape index (κ1) is 56.2. The van der Waals surface area contributed by atoms with Crippen molar-refractivity contribution in [2.45, 2.75) is 106 Å². The minimum Gasteiger partial charge on any atom is -0.497 e. The van der Waals surface area contributed by atoms with Crippen molar-refractivity contribution in [3.05, 3.63) is 100 Å². The van der Waals surface area contributed by atoms with Crippen molar-refractivity contribution in [1.82, 2.24) is 30.3 Å². The summed E-state index contributed by atoms with van der Waals surface area (Å²) in [5, 5.41) is 16.5. The lowest BCUT2D eigenvalue weighted by molar-refractivity contribution is -0.144. The lowest BCUT2D eigenvalue weighted by Crippen LogP contribution is -2.58. The van der Waals surface area contributed by atoms with E-state index in [2.05, 4.69) is 76.5 Å². The number of carbonyl (C=O) groups excluding carboxylic acids is 4. The maximum Gasteiger partial charge on any atom is 0.246 e. The van der Waals surface area contributed by atoms with Crippen LogP contribution in [0.3, 0.4) is 0 Å². The molecule has 0 bridgehead atoms. The van der Waals surface area contributed by atoms with Crippen molar-refractivity contribution >= 4 is 40.4 Å². The van der Waals surface area contributed by atoms with Gasteiger partial charge in [0.05, 0.1) is 60.2 Å². The monoisotopic (exact) mass is 1030 g/mol. The number of amides is 3. The number of β-amino-alcohol motifs (C(OH)–C–C–N with tert-alkyl or cyclic N) is 1. The van der Waals surface area contributed by atoms with Crippen LogP contribution in [0.4, 0.5) is 0 Å². The highest BCUT2D eigenvalue weighted by atomic mass is 32.1. The Kier molecular flexibility index (Phi) is 19.3. The van der Waals surface area contributed by atoms with Crippen molar-refractivity contribution in [3.63, 3.8) is 0 Å². The number of aliphatic hydroxyl groups is 1. The number of allylic oxidation sites excluding steroid dienone is 2. The average Bonchev–Trinajstić information content (AvgIpc) is 3.98. The molecule has 3 heterocycles. The van der Waals surface area contributed by atoms with E-state index in [1.807, 2.05) is 83.5 Å². The molecule has 74 heavy (non-hydrogen) atoms. The SMILES string of the molecule is CCOC1=C(c2cc(-c3ccc(OCCN4CCN(CCOCCOCC(=O)N[C@H](C(=O)N5C[C@H](O)C[C@H]5C(=O)N[C@@H](C)c5ccc(-c6scnc6C)cc5)C(C)(C)C)CC4)cc3)ccc2C)C(=O)CC(C)(C)C1. The van der Waals surface area contributed by atoms with Crippen LogP contribution in [0, 0.1) is 24.7 Å². The summed E-state index contributed by atoms with van der Waals surface area (Å²) in [4.78, 5) is 65.9. The highest BCUT2D eigenvalue weighted by Crippen LogP contribution is 2.42. The fraction of sp³-hybridized carbons (Fsp3) is 0.534. The Morgan fingerprint density at radius 1 is 0.838 bits per heavy atom. The molecule has 2 fully saturated rings. The van der Waals surface area contributed by atoms with Gasteiger partial charge in [-0.1, -0.05) is 83.1 Å². The largest absolute Gasteiger partial charge is 0.497 e. The average molecular weight is 1040 g/mol. The topological polar surface area (TPSA) is 172 Å². The quantitative estimate of drug-likeness (QED) is 0.0659. The van der Waals surface area contributed by atoms with Gasteiger partial charge in [0.1, 0.15) is 36.8 Å². The van der Waals surface area contributed by atoms with Crippen LogP contribution in [0.25, 0.3) is 27.1 Å². The number of nitrogens with zero attached hydrogens (tertiary/aromatic N) is 4. The molecule has 0 spiro atoms. The van der Waals surface area contributed by atoms with E-state index in [0.717, 1.165) is 107 Å². The van der Waals surface area contributed by atoms with Crippen LogP contribution < -0.4 is 15.4 Å². The van der Waals surface area contributed by atoms with Crippen LogP contribution >= 0.6 is 11.3 Å². The summed E-state index contributed by atoms with van der Waals surface area (Å²) in [6.07, 6.45) is 0.478. The normalized spacial score (nSPS) is 19.3. The number of hydrogen-bond donors (Lipinski definition) is 3. The van der Waals surface area contributed by atoms with Crippen LogP contribution in [0.15, 0.2) is 78.0 Å². The first-order valence-electron chi connectivity index (χ1n) is 26.2. The predicted molar refractivity (Wildman–Crippen MR) is 290 cm³/mol. The summed E-state index contributed by atoms with van der Waals surface area (Å²) in [5.41, 5.74) is 8.76. The molecule has 0 radical (unpaired) electrons. The summed E-state index contributed by atoms with van der Waals surface area (Å²) >= 11 is 1.58. The van der Waals surface area contributed by atoms with Gasteiger partial charge in [0.15, 0.2) is 5.78 Å². The molecular formula is C58H78N6O9S. The van der Waals surface area contributed by atoms with Crippen molar-refractivity contribution in [3.8, 4) is 27.3 Å². The number of aryl methyl sites for hydroxylation is 2. The molecule has 0 unspecified atom stereocenters. The van der Waals surface area contributed by atoms with Crippen LogP contribution in [0.1, 0.15) is 96.2 Å². The predicted octanol–water partition coefficient (Wildman–Crippen LogP) is 7.63. The zero-order valence-electron chi connectivity index (χ0n) is 45.0. The Morgan fingerprint density at radius 2 is 1.49 bits per heavy atom. The lowest BCUT2D eigenvalue weighted by Gasteiger charge is -2.35. The molecule has 1 aromatic heterocycles. The van der Waals surface area contributed by atoms with E-state index in [9.17, 15) is 24.3 Å². The Bertz CT molecular complexity index is 2580. The van der Waals surface area contributed by atoms with Crippen molar-refractivity contribution in [1.29, 1.82) is 0 Å². The van der Waals surface area contributed by atoms with Crippen molar-refractivity contribution in [2.24, 2.45) is 10.8 Å². The third-order valence-electron chi connectivity index (χ3n) is 14.2. The van der Waals surface area contributed by atoms with Crippen LogP contribution in [-0.2, 0) is 33.4 Å². The van der Waals surface area contributed by atoms with Gasteiger partial charge in [0, 0.05) is 65.1 Å². The highest BCUT2D eigenvalue weighted by Gasteiger charge is 2.45. The molecule has 15 nitrogen and oxygen atoms in total. The number of Topliss-reactive ketones (excluding diaryl/α,β-unsaturated/α-hetero) is 1. The van der Waals surface area contributed by atoms with E-state index < -0.39 is 35.4 Å². The van der Waals surface area contributed by atoms with Gasteiger partial charge in [-0.25, -0.2) is 4.98 Å². The second kappa shape index (κ2) is 25.4. The molecule has 2 aliphatic heterocycles. The number of carbonyl (C=O) groups is 4. The molecule has 0 saturated carbocycles. The number of ketones is 1. The molecule has 2 saturated heterocycles. The van der Waals surface area contributed by atoms with E-state index >= 15 is 0 Å². The number of likely N-dealkylation sites (tertiary alicyclic amines) is 1. The van der Waals surface area contributed by atoms with E-state index in [-0.39, 0.29) is 49.3 Å². The van der Waals surface area contributed by atoms with Crippen molar-refractivity contribution < 1.29 is 43.2 Å². The van der Waals surface area contributed by atoms with Gasteiger partial charge < -0.3 is 39.6 Å². The van der Waals surface area contributed by atoms with Gasteiger partial charge >= 0.3 is 0 Å². The highest BCUT2D eigenvalue weighted by molar-refractivity contribution is 7.13. The molecule has 3 aromatic carbocycles. The van der Waals surface area contributed by atoms with Gasteiger partial charge in [-0.05, 0) is 90.1 Å². The van der Waals surface area contributed by atoms with E-state index in [0.29, 0.717) is 32.8 Å². The Morgan fingerprint density at radius 3 is 2.14 bits per heavy atom. The summed E-state index contributed by atoms with van der Waals surface area (Å²) in [6.45, 7) is 25.0. The number of thiazole rings is 1. The summed E-state index contributed by atoms with van der Waals surface area (Å²) in [7, 11) is 0. The Labute approximate surface area is 442 Å². The lowest BCUT2D eigenvalue weighted by atomic mass is 9.74. The first-order chi connectivity index (χ1) is 35.3. The van der Waals surface area contributed by atoms with E-state index in [1.165, 1.54) is 4.90 Å². The van der Waals surface area contributed by atoms with Gasteiger partial charge in [-0.2, -0.15) is 0 Å². The number of nitrogens with one attached hydrogen (secondary N) is 2. The van der Waals surface area contributed by atoms with Crippen molar-refractivity contribution in [2.75, 3.05) is 85.5 Å². The molecule has 1 aliphatic carbocycles. The standard InChI is InChI=1S/C58H78N6O9S/c1-10-72-50-34-58(8,9)33-49(66)52(50)47-31-44(12-11-38(47)2)42-17-19-46(20-18-42)73-28-26-63-23-21-62(22-24-63)25-27-70-29-30-71-36-51(67)61-54(57(5,6)7)56(69)64-35-45(65)32-48(64)55(68)60-39(3)41-13-15-43(16-14-41)53-40(4)59-37-74-53/h11-20,31,37,39,45,48,54,65H,10,21-30,32-36H2,1-9H3,(H,60,68)(H,61,67)/t39-,45+,48-,54+/m0/s1. The second-order valence-electron chi connectivity index (χ2n) is 21.8.